The fraction of sp³-hybridized carbons (Fsp3) is 0.500. The number of hydrogen-bond acceptors (Lipinski definition) is 3. The number of ether oxygens (including phenoxy) is 1. The van der Waals surface area contributed by atoms with Crippen molar-refractivity contribution >= 4 is 21.8 Å². The molecular weight excluding hydrogens is 308 g/mol. The van der Waals surface area contributed by atoms with Gasteiger partial charge in [-0.05, 0) is 24.6 Å². The van der Waals surface area contributed by atoms with Crippen molar-refractivity contribution in [2.24, 2.45) is 0 Å². The number of nitrogens with one attached hydrogen (secondary N) is 2. The van der Waals surface area contributed by atoms with Crippen molar-refractivity contribution in [2.45, 2.75) is 25.5 Å². The number of carbonyl (C=O) groups is 1. The fourth-order valence-electron chi connectivity index (χ4n) is 2.12. The molecule has 0 spiro atoms. The van der Waals surface area contributed by atoms with Crippen molar-refractivity contribution in [1.29, 1.82) is 0 Å². The summed E-state index contributed by atoms with van der Waals surface area (Å²) in [5.41, 5.74) is 1.09. The quantitative estimate of drug-likeness (QED) is 0.889. The Hall–Kier alpha value is -0.910. The highest BCUT2D eigenvalue weighted by Gasteiger charge is 2.18. The van der Waals surface area contributed by atoms with Crippen LogP contribution in [0.3, 0.4) is 0 Å². The third-order valence-electron chi connectivity index (χ3n) is 3.14. The van der Waals surface area contributed by atoms with Crippen LogP contribution in [0, 0.1) is 0 Å². The predicted molar refractivity (Wildman–Crippen MR) is 77.9 cm³/mol. The average molecular weight is 327 g/mol. The van der Waals surface area contributed by atoms with Crippen molar-refractivity contribution in [3.63, 3.8) is 0 Å². The molecule has 1 heterocycles. The summed E-state index contributed by atoms with van der Waals surface area (Å²) in [6, 6.07) is 7.97. The summed E-state index contributed by atoms with van der Waals surface area (Å²) in [6.07, 6.45) is 0.397. The summed E-state index contributed by atoms with van der Waals surface area (Å²) >= 11 is 3.44. The molecule has 4 nitrogen and oxygen atoms in total. The summed E-state index contributed by atoms with van der Waals surface area (Å²) in [6.45, 7) is 4.28. The van der Waals surface area contributed by atoms with Gasteiger partial charge in [0.2, 0.25) is 5.91 Å². The minimum Gasteiger partial charge on any atom is -0.375 e. The number of halogens is 1. The van der Waals surface area contributed by atoms with Crippen LogP contribution >= 0.6 is 15.9 Å². The van der Waals surface area contributed by atoms with E-state index < -0.39 is 0 Å². The summed E-state index contributed by atoms with van der Waals surface area (Å²) in [4.78, 5) is 11.9. The van der Waals surface area contributed by atoms with Gasteiger partial charge in [0.05, 0.1) is 25.2 Å². The third-order valence-corrected chi connectivity index (χ3v) is 3.64. The first-order valence-electron chi connectivity index (χ1n) is 6.52. The molecule has 0 bridgehead atoms. The van der Waals surface area contributed by atoms with E-state index in [9.17, 15) is 4.79 Å². The van der Waals surface area contributed by atoms with E-state index in [1.807, 2.05) is 31.2 Å². The van der Waals surface area contributed by atoms with Gasteiger partial charge in [0.25, 0.3) is 0 Å². The van der Waals surface area contributed by atoms with E-state index in [0.29, 0.717) is 13.0 Å². The number of benzene rings is 1. The highest BCUT2D eigenvalue weighted by molar-refractivity contribution is 9.10. The second-order valence-electron chi connectivity index (χ2n) is 4.75. The maximum absolute atomic E-state index is 11.9. The molecule has 0 aromatic heterocycles. The summed E-state index contributed by atoms with van der Waals surface area (Å²) in [5.74, 6) is 0.0289. The van der Waals surface area contributed by atoms with Crippen LogP contribution < -0.4 is 10.6 Å². The van der Waals surface area contributed by atoms with Gasteiger partial charge in [0, 0.05) is 17.6 Å². The molecule has 0 saturated carbocycles. The fourth-order valence-corrected chi connectivity index (χ4v) is 2.53. The van der Waals surface area contributed by atoms with Crippen molar-refractivity contribution in [3.05, 3.63) is 34.3 Å². The Morgan fingerprint density at radius 2 is 2.47 bits per heavy atom. The summed E-state index contributed by atoms with van der Waals surface area (Å²) in [5, 5.41) is 6.22. The molecule has 1 aliphatic heterocycles. The van der Waals surface area contributed by atoms with E-state index in [-0.39, 0.29) is 18.1 Å². The molecule has 0 radical (unpaired) electrons. The van der Waals surface area contributed by atoms with Gasteiger partial charge >= 0.3 is 0 Å². The van der Waals surface area contributed by atoms with E-state index in [4.69, 9.17) is 4.74 Å². The number of amides is 1. The molecule has 2 atom stereocenters. The number of hydrogen-bond donors (Lipinski definition) is 2. The zero-order valence-corrected chi connectivity index (χ0v) is 12.6. The Morgan fingerprint density at radius 3 is 3.16 bits per heavy atom. The molecule has 1 aromatic carbocycles. The van der Waals surface area contributed by atoms with E-state index >= 15 is 0 Å². The monoisotopic (exact) mass is 326 g/mol. The molecule has 1 aliphatic rings. The van der Waals surface area contributed by atoms with Gasteiger partial charge in [0.1, 0.15) is 0 Å². The highest BCUT2D eigenvalue weighted by Crippen LogP contribution is 2.18. The minimum atomic E-state index is -0.0107. The molecule has 0 aliphatic carbocycles. The highest BCUT2D eigenvalue weighted by atomic mass is 79.9. The molecule has 19 heavy (non-hydrogen) atoms. The van der Waals surface area contributed by atoms with Gasteiger partial charge in [-0.3, -0.25) is 4.79 Å². The largest absolute Gasteiger partial charge is 0.375 e. The second kappa shape index (κ2) is 7.03. The second-order valence-corrected chi connectivity index (χ2v) is 5.66. The van der Waals surface area contributed by atoms with Crippen LogP contribution in [0.25, 0.3) is 0 Å². The molecule has 1 saturated heterocycles. The van der Waals surface area contributed by atoms with Gasteiger partial charge < -0.3 is 15.4 Å². The molecular formula is C14H19BrN2O2. The maximum Gasteiger partial charge on any atom is 0.223 e. The molecule has 1 unspecified atom stereocenters. The lowest BCUT2D eigenvalue weighted by Gasteiger charge is -2.24. The van der Waals surface area contributed by atoms with Gasteiger partial charge in [-0.1, -0.05) is 28.1 Å². The molecule has 2 rings (SSSR count). The number of carbonyl (C=O) groups excluding carboxylic acids is 1. The predicted octanol–water partition coefficient (Wildman–Crippen LogP) is 2.00. The SMILES string of the molecule is C[C@@H](NC(=O)CC1CNCCO1)c1cccc(Br)c1. The van der Waals surface area contributed by atoms with Gasteiger partial charge in [0.15, 0.2) is 0 Å². The first-order valence-corrected chi connectivity index (χ1v) is 7.31. The number of morpholine rings is 1. The van der Waals surface area contributed by atoms with Crippen LogP contribution in [0.5, 0.6) is 0 Å². The summed E-state index contributed by atoms with van der Waals surface area (Å²) in [7, 11) is 0. The van der Waals surface area contributed by atoms with Gasteiger partial charge in [-0.25, -0.2) is 0 Å². The lowest BCUT2D eigenvalue weighted by atomic mass is 10.1. The molecule has 104 valence electrons. The standard InChI is InChI=1S/C14H19BrN2O2/c1-10(11-3-2-4-12(15)7-11)17-14(18)8-13-9-16-5-6-19-13/h2-4,7,10,13,16H,5-6,8-9H2,1H3,(H,17,18)/t10-,13?/m1/s1. The van der Waals surface area contributed by atoms with E-state index in [2.05, 4.69) is 26.6 Å². The molecule has 5 heteroatoms. The van der Waals surface area contributed by atoms with Crippen LogP contribution in [0.1, 0.15) is 24.9 Å². The van der Waals surface area contributed by atoms with E-state index in [1.165, 1.54) is 0 Å². The lowest BCUT2D eigenvalue weighted by molar-refractivity contribution is -0.125. The van der Waals surface area contributed by atoms with Gasteiger partial charge in [-0.2, -0.15) is 0 Å². The molecule has 1 fully saturated rings. The van der Waals surface area contributed by atoms with Crippen molar-refractivity contribution < 1.29 is 9.53 Å². The van der Waals surface area contributed by atoms with Crippen LogP contribution in [-0.4, -0.2) is 31.7 Å². The maximum atomic E-state index is 11.9. The Labute approximate surface area is 122 Å². The van der Waals surface area contributed by atoms with E-state index in [1.54, 1.807) is 0 Å². The van der Waals surface area contributed by atoms with Crippen LogP contribution in [-0.2, 0) is 9.53 Å². The third kappa shape index (κ3) is 4.60. The zero-order chi connectivity index (χ0) is 13.7. The smallest absolute Gasteiger partial charge is 0.223 e. The van der Waals surface area contributed by atoms with Crippen molar-refractivity contribution in [3.8, 4) is 0 Å². The van der Waals surface area contributed by atoms with E-state index in [0.717, 1.165) is 23.1 Å². The van der Waals surface area contributed by atoms with Crippen LogP contribution in [0.15, 0.2) is 28.7 Å². The lowest BCUT2D eigenvalue weighted by Crippen LogP contribution is -2.41. The topological polar surface area (TPSA) is 50.4 Å². The van der Waals surface area contributed by atoms with Crippen molar-refractivity contribution in [2.75, 3.05) is 19.7 Å². The summed E-state index contributed by atoms with van der Waals surface area (Å²) < 4.78 is 6.54. The van der Waals surface area contributed by atoms with Crippen LogP contribution in [0.2, 0.25) is 0 Å². The van der Waals surface area contributed by atoms with Crippen molar-refractivity contribution in [1.82, 2.24) is 10.6 Å². The molecule has 1 aromatic rings. The zero-order valence-electron chi connectivity index (χ0n) is 11.0. The minimum absolute atomic E-state index is 0.00143. The Kier molecular flexibility index (Phi) is 5.36. The first-order chi connectivity index (χ1) is 9.15. The Balaban J connectivity index is 1.84. The first kappa shape index (κ1) is 14.5. The van der Waals surface area contributed by atoms with Gasteiger partial charge in [-0.15, -0.1) is 0 Å². The average Bonchev–Trinajstić information content (AvgIpc) is 2.39. The number of rotatable bonds is 4. The van der Waals surface area contributed by atoms with Crippen LogP contribution in [0.4, 0.5) is 0 Å². The Bertz CT molecular complexity index is 433. The Morgan fingerprint density at radius 1 is 1.63 bits per heavy atom. The normalized spacial score (nSPS) is 20.8. The molecule has 1 amide bonds. The molecule has 2 N–H and O–H groups in total.